The minimum Gasteiger partial charge on any atom is -0.206 e. The Kier molecular flexibility index (Phi) is 8.41. The first-order valence-corrected chi connectivity index (χ1v) is 12.2. The molecule has 1 aliphatic carbocycles. The lowest BCUT2D eigenvalue weighted by Crippen LogP contribution is -2.06. The predicted molar refractivity (Wildman–Crippen MR) is 135 cm³/mol. The number of halogens is 11. The molecule has 0 heterocycles. The highest BCUT2D eigenvalue weighted by atomic mass is 19.2. The van der Waals surface area contributed by atoms with E-state index >= 15 is 26.3 Å². The average Bonchev–Trinajstić information content (AvgIpc) is 3.77. The first kappa shape index (κ1) is 33.5. The fourth-order valence-corrected chi connectivity index (χ4v) is 4.69. The summed E-state index contributed by atoms with van der Waals surface area (Å²) in [5.74, 6) is -24.4. The van der Waals surface area contributed by atoms with Crippen LogP contribution in [0.5, 0.6) is 0 Å². The fourth-order valence-electron chi connectivity index (χ4n) is 4.69. The van der Waals surface area contributed by atoms with E-state index < -0.39 is 136 Å². The van der Waals surface area contributed by atoms with Crippen molar-refractivity contribution in [3.8, 4) is 30.3 Å². The van der Waals surface area contributed by atoms with Crippen LogP contribution in [0.4, 0.5) is 48.3 Å². The molecule has 1 fully saturated rings. The van der Waals surface area contributed by atoms with Crippen LogP contribution in [0.1, 0.15) is 38.9 Å². The van der Waals surface area contributed by atoms with Gasteiger partial charge in [-0.3, -0.25) is 0 Å². The van der Waals surface area contributed by atoms with Crippen molar-refractivity contribution < 1.29 is 48.3 Å². The molecule has 3 aromatic rings. The monoisotopic (exact) mass is 657 g/mol. The van der Waals surface area contributed by atoms with Crippen molar-refractivity contribution in [2.45, 2.75) is 13.8 Å². The van der Waals surface area contributed by atoms with Gasteiger partial charge in [-0.05, 0) is 13.8 Å². The van der Waals surface area contributed by atoms with Crippen molar-refractivity contribution in [2.24, 2.45) is 0 Å². The van der Waals surface area contributed by atoms with E-state index in [-0.39, 0.29) is 0 Å². The molecule has 232 valence electrons. The maximum atomic E-state index is 15.4. The Hall–Kier alpha value is -6.44. The summed E-state index contributed by atoms with van der Waals surface area (Å²) < 4.78 is 164. The summed E-state index contributed by atoms with van der Waals surface area (Å²) in [6.07, 6.45) is 0. The topological polar surface area (TPSA) is 119 Å². The van der Waals surface area contributed by atoms with Crippen LogP contribution in [0.3, 0.4) is 0 Å². The van der Waals surface area contributed by atoms with Crippen LogP contribution in [-0.2, 0) is 0 Å². The summed E-state index contributed by atoms with van der Waals surface area (Å²) in [5, 5.41) is 47.6. The maximum absolute atomic E-state index is 15.4. The van der Waals surface area contributed by atoms with Crippen LogP contribution < -0.4 is 0 Å². The molecule has 0 atom stereocenters. The lowest BCUT2D eigenvalue weighted by atomic mass is 9.96. The van der Waals surface area contributed by atoms with Crippen LogP contribution >= 0.6 is 0 Å². The highest BCUT2D eigenvalue weighted by molar-refractivity contribution is 6.12. The first-order chi connectivity index (χ1) is 22.1. The first-order valence-electron chi connectivity index (χ1n) is 12.2. The SMILES string of the molecule is Cc1c(F)c(F)c(C(C#N)=C2C(=C(C#N)c3c(F)c(C)c(C#N)c(F)c3F)C2=C(C#N)c2c(F)c(F)c(C#N)c(F)c2F)c(F)c1F. The third kappa shape index (κ3) is 4.65. The molecular weight excluding hydrogens is 651 g/mol. The zero-order chi connectivity index (χ0) is 35.4. The summed E-state index contributed by atoms with van der Waals surface area (Å²) in [4.78, 5) is 0. The largest absolute Gasteiger partial charge is 0.206 e. The van der Waals surface area contributed by atoms with E-state index in [1.165, 1.54) is 0 Å². The van der Waals surface area contributed by atoms with Crippen LogP contribution in [0.15, 0.2) is 16.7 Å². The lowest BCUT2D eigenvalue weighted by molar-refractivity contribution is 0.442. The van der Waals surface area contributed by atoms with E-state index in [0.717, 1.165) is 37.3 Å². The Morgan fingerprint density at radius 2 is 0.638 bits per heavy atom. The standard InChI is InChI=1S/C31H6F11N5/c1-8-10(3-43)24(35)29(40)18(21(8)32)11(4-44)15-16(12(5-45)19-27(38)22(33)9(2)23(34)28(19)39)17(15)13(6-46)20-30(41)25(36)14(7-47)26(37)31(20)42/h1-2H3. The van der Waals surface area contributed by atoms with E-state index in [1.54, 1.807) is 0 Å². The van der Waals surface area contributed by atoms with Crippen LogP contribution in [-0.4, -0.2) is 0 Å². The molecule has 16 heteroatoms. The summed E-state index contributed by atoms with van der Waals surface area (Å²) >= 11 is 0. The molecular formula is C31H6F11N5. The van der Waals surface area contributed by atoms with Gasteiger partial charge in [-0.1, -0.05) is 0 Å². The van der Waals surface area contributed by atoms with Crippen molar-refractivity contribution in [1.82, 2.24) is 0 Å². The normalized spacial score (nSPS) is 15.1. The van der Waals surface area contributed by atoms with Gasteiger partial charge in [-0.2, -0.15) is 26.3 Å². The van der Waals surface area contributed by atoms with Gasteiger partial charge in [-0.25, -0.2) is 48.3 Å². The Bertz CT molecular complexity index is 2130. The minimum atomic E-state index is -2.44. The zero-order valence-corrected chi connectivity index (χ0v) is 22.9. The molecule has 0 aromatic heterocycles. The highest BCUT2D eigenvalue weighted by Crippen LogP contribution is 2.57. The number of hydrogen-bond donors (Lipinski definition) is 0. The van der Waals surface area contributed by atoms with Crippen LogP contribution in [0.2, 0.25) is 0 Å². The van der Waals surface area contributed by atoms with Gasteiger partial charge in [0, 0.05) is 27.8 Å². The van der Waals surface area contributed by atoms with Gasteiger partial charge in [0.05, 0.1) is 39.0 Å². The number of benzene rings is 3. The third-order valence-electron chi connectivity index (χ3n) is 7.05. The summed E-state index contributed by atoms with van der Waals surface area (Å²) in [6, 6.07) is 5.29. The second kappa shape index (κ2) is 11.8. The van der Waals surface area contributed by atoms with E-state index in [1.807, 2.05) is 0 Å². The molecule has 0 unspecified atom stereocenters. The molecule has 0 amide bonds. The Morgan fingerprint density at radius 1 is 0.362 bits per heavy atom. The number of nitrogens with zero attached hydrogens (tertiary/aromatic N) is 5. The quantitative estimate of drug-likeness (QED) is 0.162. The molecule has 0 aliphatic heterocycles. The van der Waals surface area contributed by atoms with Crippen molar-refractivity contribution in [1.29, 1.82) is 26.3 Å². The van der Waals surface area contributed by atoms with E-state index in [2.05, 4.69) is 0 Å². The van der Waals surface area contributed by atoms with Crippen molar-refractivity contribution in [3.63, 3.8) is 0 Å². The number of nitriles is 5. The molecule has 0 radical (unpaired) electrons. The molecule has 0 N–H and O–H groups in total. The second-order valence-corrected chi connectivity index (χ2v) is 9.39. The third-order valence-corrected chi connectivity index (χ3v) is 7.05. The number of hydrogen-bond acceptors (Lipinski definition) is 5. The molecule has 5 nitrogen and oxygen atoms in total. The van der Waals surface area contributed by atoms with Gasteiger partial charge in [-0.15, -0.1) is 0 Å². The lowest BCUT2D eigenvalue weighted by Gasteiger charge is -2.10. The predicted octanol–water partition coefficient (Wildman–Crippen LogP) is 7.82. The molecule has 0 spiro atoms. The zero-order valence-electron chi connectivity index (χ0n) is 22.9. The van der Waals surface area contributed by atoms with Crippen molar-refractivity contribution in [2.75, 3.05) is 0 Å². The average molecular weight is 657 g/mol. The summed E-state index contributed by atoms with van der Waals surface area (Å²) in [7, 11) is 0. The maximum Gasteiger partial charge on any atom is 0.180 e. The molecule has 47 heavy (non-hydrogen) atoms. The fraction of sp³-hybridized carbons (Fsp3) is 0.0645. The molecule has 4 rings (SSSR count). The van der Waals surface area contributed by atoms with Crippen LogP contribution in [0.25, 0.3) is 16.7 Å². The second-order valence-electron chi connectivity index (χ2n) is 9.39. The van der Waals surface area contributed by atoms with E-state index in [0.29, 0.717) is 6.92 Å². The smallest absolute Gasteiger partial charge is 0.180 e. The molecule has 0 bridgehead atoms. The Morgan fingerprint density at radius 3 is 0.936 bits per heavy atom. The highest BCUT2D eigenvalue weighted by Gasteiger charge is 2.46. The van der Waals surface area contributed by atoms with E-state index in [9.17, 15) is 37.7 Å². The molecule has 1 aliphatic rings. The molecule has 1 saturated carbocycles. The Labute approximate surface area is 255 Å². The van der Waals surface area contributed by atoms with Gasteiger partial charge in [0.2, 0.25) is 0 Å². The van der Waals surface area contributed by atoms with Crippen molar-refractivity contribution in [3.05, 3.63) is 120 Å². The van der Waals surface area contributed by atoms with Crippen LogP contribution in [0, 0.1) is 134 Å². The van der Waals surface area contributed by atoms with E-state index in [4.69, 9.17) is 10.5 Å². The number of allylic oxidation sites excluding steroid dienone is 6. The summed E-state index contributed by atoms with van der Waals surface area (Å²) in [5.41, 5.74) is -19.0. The number of rotatable bonds is 3. The Balaban J connectivity index is 2.37. The van der Waals surface area contributed by atoms with Gasteiger partial charge >= 0.3 is 0 Å². The molecule has 0 saturated heterocycles. The molecule has 3 aromatic carbocycles. The van der Waals surface area contributed by atoms with Gasteiger partial charge < -0.3 is 0 Å². The van der Waals surface area contributed by atoms with Gasteiger partial charge in [0.25, 0.3) is 0 Å². The minimum absolute atomic E-state index is 0.585. The van der Waals surface area contributed by atoms with Crippen molar-refractivity contribution >= 4 is 16.7 Å². The van der Waals surface area contributed by atoms with Gasteiger partial charge in [0.15, 0.2) is 58.2 Å². The van der Waals surface area contributed by atoms with Gasteiger partial charge in [0.1, 0.15) is 41.7 Å². The summed E-state index contributed by atoms with van der Waals surface area (Å²) in [6.45, 7) is 1.33.